The molecule has 7 nitrogen and oxygen atoms in total. The molecule has 2 aromatic rings. The second-order valence-corrected chi connectivity index (χ2v) is 4.10. The Morgan fingerprint density at radius 3 is 2.95 bits per heavy atom. The maximum absolute atomic E-state index is 4.95. The van der Waals surface area contributed by atoms with Crippen molar-refractivity contribution in [3.05, 3.63) is 36.2 Å². The topological polar surface area (TPSA) is 80.0 Å². The molecule has 1 aromatic carbocycles. The average Bonchev–Trinajstić information content (AvgIpc) is 2.98. The minimum absolute atomic E-state index is 0.469. The fourth-order valence-electron chi connectivity index (χ4n) is 1.41. The number of thiocarbonyl (C=S) groups is 1. The summed E-state index contributed by atoms with van der Waals surface area (Å²) in [6.07, 6.45) is 1.54. The maximum atomic E-state index is 4.95. The molecule has 0 saturated carbocycles. The number of aromatic nitrogens is 4. The lowest BCUT2D eigenvalue weighted by Gasteiger charge is -2.06. The summed E-state index contributed by atoms with van der Waals surface area (Å²) in [5, 5.41) is 18.5. The Balaban J connectivity index is 2.21. The normalized spacial score (nSPS) is 11.2. The van der Waals surface area contributed by atoms with E-state index >= 15 is 0 Å². The standard InChI is InChI=1S/C11H13N7S/c1-8(14-15-11(19)12-2)9-4-3-5-10(6-9)18-7-13-16-17-18/h3-7H,1-2H3,(H2,12,15,19)/b14-8+. The Morgan fingerprint density at radius 1 is 1.42 bits per heavy atom. The molecular weight excluding hydrogens is 262 g/mol. The molecule has 0 fully saturated rings. The maximum Gasteiger partial charge on any atom is 0.186 e. The zero-order valence-corrected chi connectivity index (χ0v) is 11.3. The molecule has 0 aliphatic heterocycles. The van der Waals surface area contributed by atoms with Crippen molar-refractivity contribution in [2.45, 2.75) is 6.92 Å². The molecule has 19 heavy (non-hydrogen) atoms. The van der Waals surface area contributed by atoms with Gasteiger partial charge < -0.3 is 5.32 Å². The van der Waals surface area contributed by atoms with Crippen LogP contribution < -0.4 is 10.7 Å². The minimum Gasteiger partial charge on any atom is -0.364 e. The summed E-state index contributed by atoms with van der Waals surface area (Å²) in [4.78, 5) is 0. The Hall–Kier alpha value is -2.35. The quantitative estimate of drug-likeness (QED) is 0.482. The highest BCUT2D eigenvalue weighted by Gasteiger charge is 2.02. The van der Waals surface area contributed by atoms with Crippen LogP contribution in [0.15, 0.2) is 35.7 Å². The molecule has 1 heterocycles. The van der Waals surface area contributed by atoms with Gasteiger partial charge in [0.1, 0.15) is 6.33 Å². The average molecular weight is 275 g/mol. The van der Waals surface area contributed by atoms with E-state index in [1.807, 2.05) is 31.2 Å². The molecule has 0 radical (unpaired) electrons. The van der Waals surface area contributed by atoms with Gasteiger partial charge in [-0.15, -0.1) is 5.10 Å². The molecule has 8 heteroatoms. The number of hydrogen-bond acceptors (Lipinski definition) is 5. The van der Waals surface area contributed by atoms with Gasteiger partial charge in [-0.3, -0.25) is 5.43 Å². The van der Waals surface area contributed by atoms with Gasteiger partial charge in [0, 0.05) is 7.05 Å². The minimum atomic E-state index is 0.469. The highest BCUT2D eigenvalue weighted by atomic mass is 32.1. The number of benzene rings is 1. The summed E-state index contributed by atoms with van der Waals surface area (Å²) >= 11 is 4.95. The van der Waals surface area contributed by atoms with Crippen LogP contribution >= 0.6 is 12.2 Å². The van der Waals surface area contributed by atoms with Crippen molar-refractivity contribution in [1.82, 2.24) is 30.9 Å². The number of nitrogens with zero attached hydrogens (tertiary/aromatic N) is 5. The number of hydrazone groups is 1. The second kappa shape index (κ2) is 6.01. The van der Waals surface area contributed by atoms with Crippen LogP contribution in [0.1, 0.15) is 12.5 Å². The molecule has 0 bridgehead atoms. The summed E-state index contributed by atoms with van der Waals surface area (Å²) in [6.45, 7) is 1.89. The van der Waals surface area contributed by atoms with E-state index in [1.165, 1.54) is 0 Å². The Bertz CT molecular complexity index is 591. The van der Waals surface area contributed by atoms with Gasteiger partial charge in [-0.2, -0.15) is 5.10 Å². The smallest absolute Gasteiger partial charge is 0.186 e. The first-order valence-electron chi connectivity index (χ1n) is 5.56. The molecule has 2 rings (SSSR count). The first kappa shape index (κ1) is 13.1. The number of nitrogens with one attached hydrogen (secondary N) is 2. The molecule has 0 spiro atoms. The van der Waals surface area contributed by atoms with Crippen LogP contribution in [-0.2, 0) is 0 Å². The van der Waals surface area contributed by atoms with Gasteiger partial charge in [0.25, 0.3) is 0 Å². The number of rotatable bonds is 3. The third-order valence-electron chi connectivity index (χ3n) is 2.43. The fourth-order valence-corrected chi connectivity index (χ4v) is 1.45. The van der Waals surface area contributed by atoms with Crippen molar-refractivity contribution in [3.8, 4) is 5.69 Å². The first-order chi connectivity index (χ1) is 9.20. The van der Waals surface area contributed by atoms with Crippen molar-refractivity contribution >= 4 is 23.0 Å². The van der Waals surface area contributed by atoms with E-state index in [1.54, 1.807) is 18.1 Å². The number of hydrogen-bond donors (Lipinski definition) is 2. The number of tetrazole rings is 1. The van der Waals surface area contributed by atoms with Crippen LogP contribution in [0.4, 0.5) is 0 Å². The summed E-state index contributed by atoms with van der Waals surface area (Å²) in [7, 11) is 1.73. The third-order valence-corrected chi connectivity index (χ3v) is 2.73. The summed E-state index contributed by atoms with van der Waals surface area (Å²) in [5.41, 5.74) is 5.39. The van der Waals surface area contributed by atoms with E-state index in [0.29, 0.717) is 5.11 Å². The molecule has 98 valence electrons. The van der Waals surface area contributed by atoms with E-state index in [-0.39, 0.29) is 0 Å². The van der Waals surface area contributed by atoms with Crippen molar-refractivity contribution in [3.63, 3.8) is 0 Å². The van der Waals surface area contributed by atoms with Gasteiger partial charge in [0.2, 0.25) is 0 Å². The van der Waals surface area contributed by atoms with Crippen LogP contribution in [0.5, 0.6) is 0 Å². The van der Waals surface area contributed by atoms with Crippen molar-refractivity contribution in [2.75, 3.05) is 7.05 Å². The van der Waals surface area contributed by atoms with Crippen molar-refractivity contribution in [1.29, 1.82) is 0 Å². The lowest BCUT2D eigenvalue weighted by molar-refractivity contribution is 0.789. The molecule has 0 unspecified atom stereocenters. The van der Waals surface area contributed by atoms with Gasteiger partial charge in [0.05, 0.1) is 11.4 Å². The zero-order chi connectivity index (χ0) is 13.7. The van der Waals surface area contributed by atoms with Crippen LogP contribution in [0.2, 0.25) is 0 Å². The lowest BCUT2D eigenvalue weighted by atomic mass is 10.1. The summed E-state index contributed by atoms with van der Waals surface area (Å²) < 4.78 is 1.59. The van der Waals surface area contributed by atoms with Gasteiger partial charge >= 0.3 is 0 Å². The van der Waals surface area contributed by atoms with E-state index in [2.05, 4.69) is 31.4 Å². The zero-order valence-electron chi connectivity index (χ0n) is 10.5. The van der Waals surface area contributed by atoms with E-state index in [4.69, 9.17) is 12.2 Å². The van der Waals surface area contributed by atoms with E-state index in [0.717, 1.165) is 17.0 Å². The van der Waals surface area contributed by atoms with Crippen LogP contribution in [0, 0.1) is 0 Å². The molecular formula is C11H13N7S. The van der Waals surface area contributed by atoms with Gasteiger partial charge in [-0.1, -0.05) is 12.1 Å². The molecule has 1 aromatic heterocycles. The highest BCUT2D eigenvalue weighted by Crippen LogP contribution is 2.09. The fraction of sp³-hybridized carbons (Fsp3) is 0.182. The predicted octanol–water partition coefficient (Wildman–Crippen LogP) is 0.480. The Kier molecular flexibility index (Phi) is 4.14. The molecule has 0 aliphatic rings. The van der Waals surface area contributed by atoms with Crippen LogP contribution in [0.25, 0.3) is 5.69 Å². The van der Waals surface area contributed by atoms with Crippen LogP contribution in [-0.4, -0.2) is 38.1 Å². The first-order valence-corrected chi connectivity index (χ1v) is 5.97. The second-order valence-electron chi connectivity index (χ2n) is 3.69. The summed E-state index contributed by atoms with van der Waals surface area (Å²) in [6, 6.07) is 7.73. The van der Waals surface area contributed by atoms with Gasteiger partial charge in [-0.05, 0) is 47.3 Å². The predicted molar refractivity (Wildman–Crippen MR) is 76.2 cm³/mol. The molecule has 0 aliphatic carbocycles. The summed E-state index contributed by atoms with van der Waals surface area (Å²) in [5.74, 6) is 0. The Labute approximate surface area is 115 Å². The van der Waals surface area contributed by atoms with Crippen LogP contribution in [0.3, 0.4) is 0 Å². The van der Waals surface area contributed by atoms with Gasteiger partial charge in [0.15, 0.2) is 5.11 Å². The molecule has 2 N–H and O–H groups in total. The largest absolute Gasteiger partial charge is 0.364 e. The van der Waals surface area contributed by atoms with Crippen molar-refractivity contribution < 1.29 is 0 Å². The Morgan fingerprint density at radius 2 is 2.26 bits per heavy atom. The molecule has 0 saturated heterocycles. The monoisotopic (exact) mass is 275 g/mol. The third kappa shape index (κ3) is 3.32. The lowest BCUT2D eigenvalue weighted by Crippen LogP contribution is -2.29. The van der Waals surface area contributed by atoms with Crippen molar-refractivity contribution in [2.24, 2.45) is 5.10 Å². The van der Waals surface area contributed by atoms with E-state index < -0.39 is 0 Å². The SMILES string of the molecule is CNC(=S)N/N=C(\C)c1cccc(-n2cnnn2)c1. The molecule has 0 atom stereocenters. The van der Waals surface area contributed by atoms with E-state index in [9.17, 15) is 0 Å². The highest BCUT2D eigenvalue weighted by molar-refractivity contribution is 7.80. The van der Waals surface area contributed by atoms with Gasteiger partial charge in [-0.25, -0.2) is 4.68 Å². The molecule has 0 amide bonds.